The Morgan fingerprint density at radius 2 is 1.85 bits per heavy atom. The van der Waals surface area contributed by atoms with Gasteiger partial charge in [-0.2, -0.15) is 5.26 Å². The van der Waals surface area contributed by atoms with Crippen molar-refractivity contribution in [2.24, 2.45) is 0 Å². The molecule has 1 aromatic carbocycles. The van der Waals surface area contributed by atoms with E-state index in [-0.39, 0.29) is 11.8 Å². The highest BCUT2D eigenvalue weighted by Crippen LogP contribution is 2.18. The summed E-state index contributed by atoms with van der Waals surface area (Å²) in [5.41, 5.74) is 2.18. The Bertz CT molecular complexity index is 865. The third kappa shape index (κ3) is 4.61. The topological polar surface area (TPSA) is 89.3 Å². The Labute approximate surface area is 158 Å². The molecule has 0 radical (unpaired) electrons. The van der Waals surface area contributed by atoms with E-state index >= 15 is 0 Å². The van der Waals surface area contributed by atoms with Crippen molar-refractivity contribution in [3.63, 3.8) is 0 Å². The summed E-state index contributed by atoms with van der Waals surface area (Å²) in [5, 5.41) is 11.9. The summed E-state index contributed by atoms with van der Waals surface area (Å²) >= 11 is 0. The summed E-state index contributed by atoms with van der Waals surface area (Å²) in [6.07, 6.45) is 2.01. The third-order valence-electron chi connectivity index (χ3n) is 4.47. The van der Waals surface area contributed by atoms with Crippen LogP contribution in [-0.2, 0) is 16.0 Å². The van der Waals surface area contributed by atoms with Crippen LogP contribution in [0.2, 0.25) is 0 Å². The molecule has 2 aromatic rings. The van der Waals surface area contributed by atoms with Crippen LogP contribution in [0.1, 0.15) is 18.1 Å². The Hall–Kier alpha value is -3.40. The first-order valence-electron chi connectivity index (χ1n) is 8.81. The molecule has 7 heteroatoms. The molecule has 0 bridgehead atoms. The van der Waals surface area contributed by atoms with Gasteiger partial charge in [-0.05, 0) is 29.8 Å². The van der Waals surface area contributed by atoms with Crippen LogP contribution in [0.15, 0.2) is 42.6 Å². The van der Waals surface area contributed by atoms with Gasteiger partial charge in [0, 0.05) is 45.0 Å². The lowest BCUT2D eigenvalue weighted by atomic mass is 10.1. The number of amides is 2. The zero-order valence-corrected chi connectivity index (χ0v) is 15.2. The molecule has 2 heterocycles. The summed E-state index contributed by atoms with van der Waals surface area (Å²) in [4.78, 5) is 31.8. The Balaban J connectivity index is 1.55. The molecule has 138 valence electrons. The summed E-state index contributed by atoms with van der Waals surface area (Å²) in [7, 11) is 0. The minimum Gasteiger partial charge on any atom is -0.352 e. The second-order valence-electron chi connectivity index (χ2n) is 6.41. The maximum Gasteiger partial charge on any atom is 0.227 e. The molecular weight excluding hydrogens is 342 g/mol. The molecule has 0 unspecified atom stereocenters. The minimum absolute atomic E-state index is 0.0726. The van der Waals surface area contributed by atoms with E-state index in [1.54, 1.807) is 30.5 Å². The maximum atomic E-state index is 12.6. The summed E-state index contributed by atoms with van der Waals surface area (Å²) in [5.74, 6) is 0.633. The number of carbonyl (C=O) groups excluding carboxylic acids is 2. The third-order valence-corrected chi connectivity index (χ3v) is 4.47. The van der Waals surface area contributed by atoms with E-state index in [4.69, 9.17) is 0 Å². The molecule has 1 aliphatic heterocycles. The van der Waals surface area contributed by atoms with Gasteiger partial charge in [0.2, 0.25) is 11.8 Å². The highest BCUT2D eigenvalue weighted by atomic mass is 16.2. The summed E-state index contributed by atoms with van der Waals surface area (Å²) in [6, 6.07) is 13.0. The predicted molar refractivity (Wildman–Crippen MR) is 102 cm³/mol. The first-order chi connectivity index (χ1) is 13.1. The van der Waals surface area contributed by atoms with E-state index < -0.39 is 0 Å². The highest BCUT2D eigenvalue weighted by Gasteiger charge is 2.23. The first-order valence-corrected chi connectivity index (χ1v) is 8.81. The van der Waals surface area contributed by atoms with Gasteiger partial charge in [0.25, 0.3) is 0 Å². The largest absolute Gasteiger partial charge is 0.352 e. The predicted octanol–water partition coefficient (Wildman–Crippen LogP) is 1.80. The number of nitrogens with one attached hydrogen (secondary N) is 1. The van der Waals surface area contributed by atoms with E-state index in [0.29, 0.717) is 44.0 Å². The molecule has 7 nitrogen and oxygen atoms in total. The molecular formula is C20H21N5O2. The zero-order chi connectivity index (χ0) is 19.2. The molecule has 1 fully saturated rings. The van der Waals surface area contributed by atoms with Gasteiger partial charge >= 0.3 is 0 Å². The fourth-order valence-corrected chi connectivity index (χ4v) is 3.10. The molecule has 0 atom stereocenters. The quantitative estimate of drug-likeness (QED) is 0.895. The van der Waals surface area contributed by atoms with Gasteiger partial charge in [0.15, 0.2) is 0 Å². The molecule has 1 saturated heterocycles. The van der Waals surface area contributed by atoms with Crippen molar-refractivity contribution in [3.05, 3.63) is 53.7 Å². The molecule has 1 N–H and O–H groups in total. The van der Waals surface area contributed by atoms with Gasteiger partial charge < -0.3 is 15.1 Å². The van der Waals surface area contributed by atoms with E-state index in [1.807, 2.05) is 21.9 Å². The molecule has 0 saturated carbocycles. The number of hydrogen-bond acceptors (Lipinski definition) is 5. The number of piperazine rings is 1. The second-order valence-corrected chi connectivity index (χ2v) is 6.41. The monoisotopic (exact) mass is 363 g/mol. The van der Waals surface area contributed by atoms with Gasteiger partial charge in [0.05, 0.1) is 12.0 Å². The van der Waals surface area contributed by atoms with Crippen LogP contribution in [0.4, 0.5) is 11.5 Å². The zero-order valence-electron chi connectivity index (χ0n) is 15.2. The molecule has 0 aliphatic carbocycles. The number of hydrogen-bond donors (Lipinski definition) is 1. The first kappa shape index (κ1) is 18.4. The smallest absolute Gasteiger partial charge is 0.227 e. The Kier molecular flexibility index (Phi) is 5.67. The summed E-state index contributed by atoms with van der Waals surface area (Å²) in [6.45, 7) is 3.97. The van der Waals surface area contributed by atoms with Gasteiger partial charge in [0.1, 0.15) is 11.9 Å². The lowest BCUT2D eigenvalue weighted by Crippen LogP contribution is -2.49. The van der Waals surface area contributed by atoms with Gasteiger partial charge in [-0.3, -0.25) is 9.59 Å². The van der Waals surface area contributed by atoms with E-state index in [9.17, 15) is 14.9 Å². The molecule has 1 aromatic heterocycles. The van der Waals surface area contributed by atoms with Crippen molar-refractivity contribution in [3.8, 4) is 6.07 Å². The van der Waals surface area contributed by atoms with Crippen molar-refractivity contribution in [1.82, 2.24) is 9.88 Å². The highest BCUT2D eigenvalue weighted by molar-refractivity contribution is 5.88. The number of benzene rings is 1. The van der Waals surface area contributed by atoms with Crippen LogP contribution in [0.5, 0.6) is 0 Å². The van der Waals surface area contributed by atoms with Gasteiger partial charge in [-0.25, -0.2) is 4.98 Å². The molecule has 3 rings (SSSR count). The number of nitriles is 1. The van der Waals surface area contributed by atoms with Crippen molar-refractivity contribution in [2.45, 2.75) is 13.3 Å². The number of aromatic nitrogens is 1. The number of rotatable bonds is 4. The number of pyridine rings is 1. The minimum atomic E-state index is -0.121. The van der Waals surface area contributed by atoms with Gasteiger partial charge in [-0.15, -0.1) is 0 Å². The van der Waals surface area contributed by atoms with Crippen LogP contribution < -0.4 is 10.2 Å². The van der Waals surface area contributed by atoms with Gasteiger partial charge in [-0.1, -0.05) is 12.1 Å². The second kappa shape index (κ2) is 8.32. The van der Waals surface area contributed by atoms with Crippen LogP contribution >= 0.6 is 0 Å². The number of carbonyl (C=O) groups is 2. The van der Waals surface area contributed by atoms with E-state index in [2.05, 4.69) is 16.4 Å². The van der Waals surface area contributed by atoms with Crippen molar-refractivity contribution < 1.29 is 9.59 Å². The lowest BCUT2D eigenvalue weighted by molar-refractivity contribution is -0.130. The Morgan fingerprint density at radius 3 is 2.48 bits per heavy atom. The van der Waals surface area contributed by atoms with Crippen LogP contribution in [0.3, 0.4) is 0 Å². The van der Waals surface area contributed by atoms with Crippen LogP contribution in [0, 0.1) is 11.3 Å². The molecule has 2 amide bonds. The van der Waals surface area contributed by atoms with Crippen LogP contribution in [0.25, 0.3) is 0 Å². The summed E-state index contributed by atoms with van der Waals surface area (Å²) < 4.78 is 0. The maximum absolute atomic E-state index is 12.6. The normalized spacial score (nSPS) is 13.8. The number of nitrogens with zero attached hydrogens (tertiary/aromatic N) is 4. The molecule has 0 spiro atoms. The Morgan fingerprint density at radius 1 is 1.15 bits per heavy atom. The van der Waals surface area contributed by atoms with Crippen molar-refractivity contribution in [2.75, 3.05) is 36.4 Å². The number of anilines is 2. The molecule has 1 aliphatic rings. The molecule has 27 heavy (non-hydrogen) atoms. The average molecular weight is 363 g/mol. The van der Waals surface area contributed by atoms with E-state index in [0.717, 1.165) is 11.3 Å². The fourth-order valence-electron chi connectivity index (χ4n) is 3.10. The van der Waals surface area contributed by atoms with E-state index in [1.165, 1.54) is 6.92 Å². The average Bonchev–Trinajstić information content (AvgIpc) is 2.69. The standard InChI is InChI=1S/C20H21N5O2/c1-15(26)23-18-6-4-16(5-7-18)13-19(27)24-9-11-25(12-10-24)20-17(14-21)3-2-8-22-20/h2-8H,9-13H2,1H3,(H,23,26). The SMILES string of the molecule is CC(=O)Nc1ccc(CC(=O)N2CCN(c3ncccc3C#N)CC2)cc1. The van der Waals surface area contributed by atoms with Crippen molar-refractivity contribution >= 4 is 23.3 Å². The lowest BCUT2D eigenvalue weighted by Gasteiger charge is -2.35. The van der Waals surface area contributed by atoms with Crippen LogP contribution in [-0.4, -0.2) is 47.9 Å². The fraction of sp³-hybridized carbons (Fsp3) is 0.300. The van der Waals surface area contributed by atoms with Crippen molar-refractivity contribution in [1.29, 1.82) is 5.26 Å².